The molecule has 1 heterocycles. The molecule has 1 atom stereocenters. The minimum absolute atomic E-state index is 0.00292. The van der Waals surface area contributed by atoms with E-state index in [2.05, 4.69) is 10.0 Å². The number of rotatable bonds is 2. The number of hydrogen-bond donors (Lipinski definition) is 2. The molecule has 1 unspecified atom stereocenters. The summed E-state index contributed by atoms with van der Waals surface area (Å²) in [6.45, 7) is 1.83. The minimum atomic E-state index is -0.902. The number of anilines is 1. The largest absolute Gasteiger partial charge is 0.329 e. The molecule has 5 nitrogen and oxygen atoms in total. The Balaban J connectivity index is 0.000000201. The summed E-state index contributed by atoms with van der Waals surface area (Å²) >= 11 is 10.1. The van der Waals surface area contributed by atoms with Crippen LogP contribution in [0, 0.1) is 5.82 Å². The predicted octanol–water partition coefficient (Wildman–Crippen LogP) is 3.88. The number of carbonyl (C=O) groups excluding carboxylic acids is 1. The maximum absolute atomic E-state index is 12.5. The third-order valence-electron chi connectivity index (χ3n) is 3.04. The Morgan fingerprint density at radius 2 is 1.92 bits per heavy atom. The second-order valence-electron chi connectivity index (χ2n) is 5.04. The van der Waals surface area contributed by atoms with E-state index in [9.17, 15) is 13.4 Å². The fourth-order valence-electron chi connectivity index (χ4n) is 1.72. The zero-order valence-corrected chi connectivity index (χ0v) is 16.5. The Labute approximate surface area is 165 Å². The van der Waals surface area contributed by atoms with E-state index in [1.54, 1.807) is 4.31 Å². The van der Waals surface area contributed by atoms with Crippen LogP contribution in [0.1, 0.15) is 6.42 Å². The van der Waals surface area contributed by atoms with Gasteiger partial charge in [0.2, 0.25) is 6.41 Å². The van der Waals surface area contributed by atoms with Crippen LogP contribution in [0.2, 0.25) is 10.0 Å². The van der Waals surface area contributed by atoms with Crippen molar-refractivity contribution >= 4 is 46.5 Å². The molecule has 1 amide bonds. The molecule has 0 bridgehead atoms. The van der Waals surface area contributed by atoms with E-state index in [0.29, 0.717) is 12.1 Å². The monoisotopic (exact) mass is 419 g/mol. The van der Waals surface area contributed by atoms with E-state index in [-0.39, 0.29) is 5.02 Å². The number of nitrogens with one attached hydrogen (secondary N) is 2. The summed E-state index contributed by atoms with van der Waals surface area (Å²) in [6, 6.07) is 13.4. The fraction of sp³-hybridized carbons (Fsp3) is 0.235. The highest BCUT2D eigenvalue weighted by Gasteiger charge is 2.10. The first-order chi connectivity index (χ1) is 12.4. The van der Waals surface area contributed by atoms with E-state index in [1.807, 2.05) is 37.4 Å². The summed E-state index contributed by atoms with van der Waals surface area (Å²) in [6.07, 6.45) is 1.60. The van der Waals surface area contributed by atoms with Crippen LogP contribution in [0.3, 0.4) is 0 Å². The summed E-state index contributed by atoms with van der Waals surface area (Å²) < 4.78 is 27.8. The molecule has 0 aliphatic carbocycles. The van der Waals surface area contributed by atoms with Gasteiger partial charge in [-0.05, 0) is 36.8 Å². The average molecular weight is 420 g/mol. The lowest BCUT2D eigenvalue weighted by Crippen LogP contribution is -2.39. The highest BCUT2D eigenvalue weighted by molar-refractivity contribution is 7.80. The van der Waals surface area contributed by atoms with Gasteiger partial charge in [-0.3, -0.25) is 4.79 Å². The third kappa shape index (κ3) is 9.26. The van der Waals surface area contributed by atoms with Gasteiger partial charge in [0.25, 0.3) is 0 Å². The maximum atomic E-state index is 12.5. The Hall–Kier alpha value is -1.51. The SMILES string of the molecule is CN1CCCNS1=O.Clc1ccccc1.O=CNc1ccc(F)c(Cl)c1. The van der Waals surface area contributed by atoms with Crippen molar-refractivity contribution in [3.63, 3.8) is 0 Å². The Kier molecular flexibility index (Phi) is 11.1. The number of hydrogen-bond acceptors (Lipinski definition) is 2. The molecule has 1 aliphatic rings. The van der Waals surface area contributed by atoms with Crippen molar-refractivity contribution < 1.29 is 13.4 Å². The molecule has 1 aliphatic heterocycles. The van der Waals surface area contributed by atoms with E-state index in [1.165, 1.54) is 18.2 Å². The van der Waals surface area contributed by atoms with E-state index < -0.39 is 17.0 Å². The zero-order chi connectivity index (χ0) is 19.4. The highest BCUT2D eigenvalue weighted by Crippen LogP contribution is 2.18. The number of amides is 1. The molecule has 2 N–H and O–H groups in total. The molecule has 1 saturated heterocycles. The van der Waals surface area contributed by atoms with Gasteiger partial charge < -0.3 is 5.32 Å². The van der Waals surface area contributed by atoms with Crippen molar-refractivity contribution in [2.24, 2.45) is 0 Å². The summed E-state index contributed by atoms with van der Waals surface area (Å²) in [5.41, 5.74) is 0.478. The molecule has 3 rings (SSSR count). The molecule has 9 heteroatoms. The Morgan fingerprint density at radius 1 is 1.23 bits per heavy atom. The van der Waals surface area contributed by atoms with Crippen molar-refractivity contribution in [3.05, 3.63) is 64.4 Å². The van der Waals surface area contributed by atoms with Gasteiger partial charge in [0.15, 0.2) is 11.2 Å². The lowest BCUT2D eigenvalue weighted by Gasteiger charge is -2.20. The van der Waals surface area contributed by atoms with Gasteiger partial charge in [-0.15, -0.1) is 0 Å². The normalized spacial score (nSPS) is 16.4. The molecule has 0 radical (unpaired) electrons. The second-order valence-corrected chi connectivity index (χ2v) is 7.29. The Morgan fingerprint density at radius 3 is 2.35 bits per heavy atom. The van der Waals surface area contributed by atoms with Gasteiger partial charge in [-0.1, -0.05) is 41.4 Å². The number of carbonyl (C=O) groups is 1. The van der Waals surface area contributed by atoms with Crippen LogP contribution in [0.4, 0.5) is 10.1 Å². The standard InChI is InChI=1S/C7H5ClFNO.C6H5Cl.C4H10N2OS/c8-6-3-5(10-4-11)1-2-7(6)9;7-6-4-2-1-3-5-6;1-6-4-2-3-5-8(6)7/h1-4H,(H,10,11);1-5H;5H,2-4H2,1H3. The molecular formula is C17H20Cl2FN3O2S. The lowest BCUT2D eigenvalue weighted by atomic mass is 10.3. The van der Waals surface area contributed by atoms with Crippen molar-refractivity contribution in [1.82, 2.24) is 9.03 Å². The highest BCUT2D eigenvalue weighted by atomic mass is 35.5. The van der Waals surface area contributed by atoms with Gasteiger partial charge in [-0.2, -0.15) is 0 Å². The van der Waals surface area contributed by atoms with Crippen LogP contribution in [0.5, 0.6) is 0 Å². The average Bonchev–Trinajstić information content (AvgIpc) is 2.63. The summed E-state index contributed by atoms with van der Waals surface area (Å²) in [7, 11) is 1.85. The number of halogens is 3. The van der Waals surface area contributed by atoms with E-state index >= 15 is 0 Å². The van der Waals surface area contributed by atoms with Crippen LogP contribution < -0.4 is 10.0 Å². The molecule has 2 aromatic rings. The van der Waals surface area contributed by atoms with E-state index in [4.69, 9.17) is 23.2 Å². The van der Waals surface area contributed by atoms with Crippen molar-refractivity contribution in [1.29, 1.82) is 0 Å². The number of benzene rings is 2. The number of nitrogens with zero attached hydrogens (tertiary/aromatic N) is 1. The van der Waals surface area contributed by atoms with Gasteiger partial charge in [0, 0.05) is 30.8 Å². The molecule has 26 heavy (non-hydrogen) atoms. The lowest BCUT2D eigenvalue weighted by molar-refractivity contribution is -0.105. The van der Waals surface area contributed by atoms with Crippen LogP contribution in [0.15, 0.2) is 48.5 Å². The minimum Gasteiger partial charge on any atom is -0.329 e. The Bertz CT molecular complexity index is 708. The third-order valence-corrected chi connectivity index (χ3v) is 4.78. The molecule has 0 aromatic heterocycles. The van der Waals surface area contributed by atoms with Gasteiger partial charge in [0.1, 0.15) is 5.82 Å². The zero-order valence-electron chi connectivity index (χ0n) is 14.1. The predicted molar refractivity (Wildman–Crippen MR) is 106 cm³/mol. The molecule has 142 valence electrons. The second kappa shape index (κ2) is 12.8. The first kappa shape index (κ1) is 22.5. The quantitative estimate of drug-likeness (QED) is 0.725. The van der Waals surface area contributed by atoms with E-state index in [0.717, 1.165) is 24.5 Å². The fourth-order valence-corrected chi connectivity index (χ4v) is 2.88. The molecular weight excluding hydrogens is 400 g/mol. The first-order valence-corrected chi connectivity index (χ1v) is 9.52. The van der Waals surface area contributed by atoms with Crippen LogP contribution >= 0.6 is 23.2 Å². The van der Waals surface area contributed by atoms with Crippen molar-refractivity contribution in [3.8, 4) is 0 Å². The summed E-state index contributed by atoms with van der Waals surface area (Å²) in [5, 5.41) is 3.13. The molecule has 2 aromatic carbocycles. The topological polar surface area (TPSA) is 61.4 Å². The van der Waals surface area contributed by atoms with Gasteiger partial charge >= 0.3 is 0 Å². The van der Waals surface area contributed by atoms with Gasteiger partial charge in [-0.25, -0.2) is 17.6 Å². The first-order valence-electron chi connectivity index (χ1n) is 7.66. The van der Waals surface area contributed by atoms with Crippen LogP contribution in [-0.2, 0) is 16.0 Å². The summed E-state index contributed by atoms with van der Waals surface area (Å²) in [4.78, 5) is 9.92. The van der Waals surface area contributed by atoms with Crippen molar-refractivity contribution in [2.75, 3.05) is 25.5 Å². The van der Waals surface area contributed by atoms with Crippen LogP contribution in [-0.4, -0.2) is 35.1 Å². The summed E-state index contributed by atoms with van der Waals surface area (Å²) in [5.74, 6) is -0.497. The van der Waals surface area contributed by atoms with Crippen LogP contribution in [0.25, 0.3) is 0 Å². The molecule has 0 spiro atoms. The molecule has 1 fully saturated rings. The van der Waals surface area contributed by atoms with Gasteiger partial charge in [0.05, 0.1) is 5.02 Å². The smallest absolute Gasteiger partial charge is 0.211 e. The maximum Gasteiger partial charge on any atom is 0.211 e. The molecule has 0 saturated carbocycles. The van der Waals surface area contributed by atoms with Crippen molar-refractivity contribution in [2.45, 2.75) is 6.42 Å².